The number of rotatable bonds is 4. The molecule has 1 aromatic heterocycles. The summed E-state index contributed by atoms with van der Waals surface area (Å²) in [6, 6.07) is 1.99. The summed E-state index contributed by atoms with van der Waals surface area (Å²) in [6.45, 7) is 6.40. The Morgan fingerprint density at radius 1 is 1.28 bits per heavy atom. The highest BCUT2D eigenvalue weighted by Gasteiger charge is 2.41. The molecule has 1 aromatic rings. The van der Waals surface area contributed by atoms with Gasteiger partial charge in [0.25, 0.3) is 5.91 Å². The Morgan fingerprint density at radius 2 is 1.96 bits per heavy atom. The molecule has 2 aliphatic rings. The predicted molar refractivity (Wildman–Crippen MR) is 92.2 cm³/mol. The molecule has 3 rings (SSSR count). The van der Waals surface area contributed by atoms with E-state index in [2.05, 4.69) is 10.4 Å². The lowest BCUT2D eigenvalue weighted by molar-refractivity contribution is -0.00556. The first-order valence-corrected chi connectivity index (χ1v) is 8.91. The Morgan fingerprint density at radius 3 is 2.52 bits per heavy atom. The minimum atomic E-state index is -0.0421. The van der Waals surface area contributed by atoms with Crippen LogP contribution < -0.4 is 5.32 Å². The maximum absolute atomic E-state index is 12.7. The lowest BCUT2D eigenvalue weighted by Gasteiger charge is -2.48. The van der Waals surface area contributed by atoms with Gasteiger partial charge in [-0.25, -0.2) is 4.79 Å². The van der Waals surface area contributed by atoms with Crippen molar-refractivity contribution in [3.05, 3.63) is 18.0 Å². The fourth-order valence-electron chi connectivity index (χ4n) is 3.46. The summed E-state index contributed by atoms with van der Waals surface area (Å²) in [5.41, 5.74) is 0.572. The number of nitrogens with one attached hydrogen (secondary N) is 1. The number of hydrogen-bond donors (Lipinski definition) is 1. The molecular formula is C17H27N5O3. The van der Waals surface area contributed by atoms with Crippen molar-refractivity contribution < 1.29 is 14.3 Å². The number of hydrogen-bond acceptors (Lipinski definition) is 4. The highest BCUT2D eigenvalue weighted by Crippen LogP contribution is 2.24. The lowest BCUT2D eigenvalue weighted by Crippen LogP contribution is -2.66. The van der Waals surface area contributed by atoms with Crippen LogP contribution in [0.4, 0.5) is 4.79 Å². The number of carbonyl (C=O) groups is 2. The third-order valence-corrected chi connectivity index (χ3v) is 4.81. The maximum atomic E-state index is 12.7. The summed E-state index contributed by atoms with van der Waals surface area (Å²) in [5, 5.41) is 7.05. The van der Waals surface area contributed by atoms with Gasteiger partial charge in [0, 0.05) is 51.6 Å². The van der Waals surface area contributed by atoms with Crippen LogP contribution in [0.3, 0.4) is 0 Å². The molecular weight excluding hydrogens is 322 g/mol. The zero-order chi connectivity index (χ0) is 18.0. The third-order valence-electron chi connectivity index (χ3n) is 4.81. The van der Waals surface area contributed by atoms with Crippen LogP contribution in [0.1, 0.15) is 37.2 Å². The van der Waals surface area contributed by atoms with Crippen LogP contribution >= 0.6 is 0 Å². The van der Waals surface area contributed by atoms with Crippen LogP contribution in [0, 0.1) is 0 Å². The highest BCUT2D eigenvalue weighted by atomic mass is 16.5. The molecule has 2 fully saturated rings. The van der Waals surface area contributed by atoms with Crippen LogP contribution in [0.5, 0.6) is 0 Å². The van der Waals surface area contributed by atoms with E-state index in [1.54, 1.807) is 28.9 Å². The molecule has 1 N–H and O–H groups in total. The molecule has 8 nitrogen and oxygen atoms in total. The maximum Gasteiger partial charge on any atom is 0.318 e. The van der Waals surface area contributed by atoms with Crippen molar-refractivity contribution in [2.24, 2.45) is 7.05 Å². The summed E-state index contributed by atoms with van der Waals surface area (Å²) in [4.78, 5) is 28.9. The molecule has 0 radical (unpaired) electrons. The fourth-order valence-corrected chi connectivity index (χ4v) is 3.46. The van der Waals surface area contributed by atoms with Gasteiger partial charge in [-0.05, 0) is 32.8 Å². The number of amides is 3. The second-order valence-corrected chi connectivity index (χ2v) is 7.06. The molecule has 0 unspecified atom stereocenters. The second kappa shape index (κ2) is 7.43. The largest absolute Gasteiger partial charge is 0.381 e. The third kappa shape index (κ3) is 3.78. The van der Waals surface area contributed by atoms with Gasteiger partial charge in [-0.15, -0.1) is 0 Å². The van der Waals surface area contributed by atoms with Gasteiger partial charge in [-0.1, -0.05) is 0 Å². The van der Waals surface area contributed by atoms with Gasteiger partial charge in [0.2, 0.25) is 0 Å². The Labute approximate surface area is 148 Å². The quantitative estimate of drug-likeness (QED) is 0.874. The zero-order valence-corrected chi connectivity index (χ0v) is 15.1. The van der Waals surface area contributed by atoms with Crippen molar-refractivity contribution in [2.75, 3.05) is 26.3 Å². The normalized spacial score (nSPS) is 19.0. The van der Waals surface area contributed by atoms with Crippen LogP contribution in [0.2, 0.25) is 0 Å². The Balaban J connectivity index is 1.65. The minimum absolute atomic E-state index is 0.0348. The number of nitrogens with zero attached hydrogens (tertiary/aromatic N) is 4. The van der Waals surface area contributed by atoms with Crippen molar-refractivity contribution in [2.45, 2.75) is 44.8 Å². The standard InChI is InChI=1S/C17H27N5O3/c1-12(2)19-17(24)22(13-5-8-25-9-6-13)14-10-21(11-14)16(23)15-4-7-18-20(15)3/h4,7,12-14H,5-6,8-11H2,1-3H3,(H,19,24). The van der Waals surface area contributed by atoms with E-state index in [0.29, 0.717) is 32.0 Å². The van der Waals surface area contributed by atoms with Crippen molar-refractivity contribution in [3.63, 3.8) is 0 Å². The minimum Gasteiger partial charge on any atom is -0.381 e. The second-order valence-electron chi connectivity index (χ2n) is 7.06. The number of likely N-dealkylation sites (tertiary alicyclic amines) is 1. The monoisotopic (exact) mass is 349 g/mol. The number of urea groups is 1. The van der Waals surface area contributed by atoms with Gasteiger partial charge in [0.15, 0.2) is 0 Å². The molecule has 0 aliphatic carbocycles. The average molecular weight is 349 g/mol. The van der Waals surface area contributed by atoms with Crippen molar-refractivity contribution >= 4 is 11.9 Å². The molecule has 138 valence electrons. The van der Waals surface area contributed by atoms with E-state index in [-0.39, 0.29) is 30.1 Å². The highest BCUT2D eigenvalue weighted by molar-refractivity contribution is 5.93. The fraction of sp³-hybridized carbons (Fsp3) is 0.706. The zero-order valence-electron chi connectivity index (χ0n) is 15.1. The molecule has 3 heterocycles. The number of aromatic nitrogens is 2. The molecule has 0 spiro atoms. The first-order valence-electron chi connectivity index (χ1n) is 8.91. The van der Waals surface area contributed by atoms with Crippen LogP contribution in [0.15, 0.2) is 12.3 Å². The lowest BCUT2D eigenvalue weighted by atomic mass is 10.00. The van der Waals surface area contributed by atoms with E-state index in [9.17, 15) is 9.59 Å². The molecule has 8 heteroatoms. The van der Waals surface area contributed by atoms with E-state index in [1.807, 2.05) is 18.7 Å². The van der Waals surface area contributed by atoms with Gasteiger partial charge in [0.1, 0.15) is 5.69 Å². The first-order chi connectivity index (χ1) is 12.0. The Bertz CT molecular complexity index is 618. The topological polar surface area (TPSA) is 79.7 Å². The Hall–Kier alpha value is -2.09. The van der Waals surface area contributed by atoms with Crippen LogP contribution in [-0.4, -0.2) is 75.9 Å². The van der Waals surface area contributed by atoms with Crippen LogP contribution in [0.25, 0.3) is 0 Å². The first kappa shape index (κ1) is 17.7. The predicted octanol–water partition coefficient (Wildman–Crippen LogP) is 0.844. The summed E-state index contributed by atoms with van der Waals surface area (Å²) in [7, 11) is 1.76. The Kier molecular flexibility index (Phi) is 5.27. The number of aryl methyl sites for hydroxylation is 1. The molecule has 25 heavy (non-hydrogen) atoms. The molecule has 0 bridgehead atoms. The van der Waals surface area contributed by atoms with Crippen molar-refractivity contribution in [1.29, 1.82) is 0 Å². The van der Waals surface area contributed by atoms with Crippen molar-refractivity contribution in [1.82, 2.24) is 24.9 Å². The summed E-state index contributed by atoms with van der Waals surface area (Å²) >= 11 is 0. The SMILES string of the molecule is CC(C)NC(=O)N(C1CCOCC1)C1CN(C(=O)c2ccnn2C)C1. The molecule has 0 saturated carbocycles. The smallest absolute Gasteiger partial charge is 0.318 e. The van der Waals surface area contributed by atoms with Gasteiger partial charge in [-0.2, -0.15) is 5.10 Å². The average Bonchev–Trinajstić information content (AvgIpc) is 2.96. The van der Waals surface area contributed by atoms with E-state index in [4.69, 9.17) is 4.74 Å². The molecule has 2 saturated heterocycles. The summed E-state index contributed by atoms with van der Waals surface area (Å²) in [5.74, 6) is -0.0348. The molecule has 0 aromatic carbocycles. The molecule has 2 aliphatic heterocycles. The summed E-state index contributed by atoms with van der Waals surface area (Å²) in [6.07, 6.45) is 3.31. The number of carbonyl (C=O) groups excluding carboxylic acids is 2. The van der Waals surface area contributed by atoms with Gasteiger partial charge >= 0.3 is 6.03 Å². The van der Waals surface area contributed by atoms with E-state index >= 15 is 0 Å². The van der Waals surface area contributed by atoms with Crippen LogP contribution in [-0.2, 0) is 11.8 Å². The van der Waals surface area contributed by atoms with E-state index in [1.165, 1.54) is 0 Å². The summed E-state index contributed by atoms with van der Waals surface area (Å²) < 4.78 is 7.01. The van der Waals surface area contributed by atoms with Gasteiger partial charge < -0.3 is 19.9 Å². The van der Waals surface area contributed by atoms with Gasteiger partial charge in [-0.3, -0.25) is 9.48 Å². The number of ether oxygens (including phenoxy) is 1. The van der Waals surface area contributed by atoms with Crippen molar-refractivity contribution in [3.8, 4) is 0 Å². The molecule has 3 amide bonds. The van der Waals surface area contributed by atoms with E-state index in [0.717, 1.165) is 12.8 Å². The molecule has 0 atom stereocenters. The van der Waals surface area contributed by atoms with Gasteiger partial charge in [0.05, 0.1) is 6.04 Å². The van der Waals surface area contributed by atoms with E-state index < -0.39 is 0 Å².